The van der Waals surface area contributed by atoms with Gasteiger partial charge in [-0.15, -0.1) is 0 Å². The summed E-state index contributed by atoms with van der Waals surface area (Å²) in [6.45, 7) is 7.56. The number of hydrogen-bond donors (Lipinski definition) is 2. The second-order valence-corrected chi connectivity index (χ2v) is 6.69. The van der Waals surface area contributed by atoms with Crippen LogP contribution in [0.4, 0.5) is 0 Å². The molecule has 0 saturated carbocycles. The molecule has 0 spiro atoms. The van der Waals surface area contributed by atoms with Gasteiger partial charge in [0.15, 0.2) is 0 Å². The van der Waals surface area contributed by atoms with E-state index in [2.05, 4.69) is 5.32 Å². The van der Waals surface area contributed by atoms with Crippen LogP contribution in [-0.4, -0.2) is 65.6 Å². The van der Waals surface area contributed by atoms with Crippen LogP contribution in [0.1, 0.15) is 40.5 Å². The first-order valence-electron chi connectivity index (χ1n) is 8.09. The Morgan fingerprint density at radius 3 is 2.52 bits per heavy atom. The van der Waals surface area contributed by atoms with Gasteiger partial charge in [0.05, 0.1) is 18.2 Å². The van der Waals surface area contributed by atoms with E-state index in [9.17, 15) is 19.5 Å². The van der Waals surface area contributed by atoms with E-state index in [1.807, 2.05) is 27.7 Å². The zero-order valence-corrected chi connectivity index (χ0v) is 14.3. The van der Waals surface area contributed by atoms with Crippen LogP contribution in [0.15, 0.2) is 0 Å². The lowest BCUT2D eigenvalue weighted by molar-refractivity contribution is -0.140. The van der Waals surface area contributed by atoms with Gasteiger partial charge in [0, 0.05) is 13.0 Å². The van der Waals surface area contributed by atoms with Crippen LogP contribution in [0, 0.1) is 5.92 Å². The molecule has 1 saturated heterocycles. The normalized spacial score (nSPS) is 22.5. The predicted molar refractivity (Wildman–Crippen MR) is 84.7 cm³/mol. The Hall–Kier alpha value is -1.47. The van der Waals surface area contributed by atoms with Gasteiger partial charge in [0.2, 0.25) is 11.8 Å². The van der Waals surface area contributed by atoms with Crippen LogP contribution in [0.3, 0.4) is 0 Å². The Morgan fingerprint density at radius 2 is 2.00 bits per heavy atom. The number of hydrogen-bond acceptors (Lipinski definition) is 5. The van der Waals surface area contributed by atoms with Crippen molar-refractivity contribution in [2.45, 2.75) is 64.8 Å². The van der Waals surface area contributed by atoms with Gasteiger partial charge in [0.25, 0.3) is 0 Å². The molecule has 0 aromatic heterocycles. The molecule has 23 heavy (non-hydrogen) atoms. The van der Waals surface area contributed by atoms with Crippen molar-refractivity contribution in [3.63, 3.8) is 0 Å². The third-order valence-corrected chi connectivity index (χ3v) is 3.65. The molecule has 0 aromatic rings. The van der Waals surface area contributed by atoms with E-state index in [1.54, 1.807) is 0 Å². The fraction of sp³-hybridized carbons (Fsp3) is 0.812. The number of nitrogens with zero attached hydrogens (tertiary/aromatic N) is 1. The molecule has 1 heterocycles. The number of carbonyl (C=O) groups is 3. The van der Waals surface area contributed by atoms with E-state index >= 15 is 0 Å². The summed E-state index contributed by atoms with van der Waals surface area (Å²) in [5.74, 6) is -0.497. The fourth-order valence-electron chi connectivity index (χ4n) is 2.60. The molecule has 0 aliphatic carbocycles. The summed E-state index contributed by atoms with van der Waals surface area (Å²) in [5, 5.41) is 12.4. The molecule has 0 bridgehead atoms. The molecule has 0 radical (unpaired) electrons. The number of nitrogens with one attached hydrogen (secondary N) is 1. The fourth-order valence-corrected chi connectivity index (χ4v) is 2.60. The van der Waals surface area contributed by atoms with Crippen LogP contribution in [0.5, 0.6) is 0 Å². The predicted octanol–water partition coefficient (Wildman–Crippen LogP) is 0.103. The first-order chi connectivity index (χ1) is 10.7. The summed E-state index contributed by atoms with van der Waals surface area (Å²) >= 11 is 0. The van der Waals surface area contributed by atoms with Crippen molar-refractivity contribution in [1.29, 1.82) is 0 Å². The highest BCUT2D eigenvalue weighted by Gasteiger charge is 2.37. The first kappa shape index (κ1) is 19.6. The molecular formula is C16H28N2O5. The SMILES string of the molecule is CC(C)CC(NC(=O)COC(C)C)C(=O)N1CC(O)CC1C=O. The molecule has 2 amide bonds. The van der Waals surface area contributed by atoms with Gasteiger partial charge in [-0.2, -0.15) is 0 Å². The Labute approximate surface area is 137 Å². The third-order valence-electron chi connectivity index (χ3n) is 3.65. The van der Waals surface area contributed by atoms with Crippen LogP contribution in [0.25, 0.3) is 0 Å². The van der Waals surface area contributed by atoms with Gasteiger partial charge in [-0.05, 0) is 26.2 Å². The number of ether oxygens (including phenoxy) is 1. The number of aliphatic hydroxyl groups is 1. The molecule has 7 nitrogen and oxygen atoms in total. The minimum Gasteiger partial charge on any atom is -0.391 e. The molecular weight excluding hydrogens is 300 g/mol. The van der Waals surface area contributed by atoms with Crippen molar-refractivity contribution in [2.75, 3.05) is 13.2 Å². The topological polar surface area (TPSA) is 95.9 Å². The van der Waals surface area contributed by atoms with Crippen molar-refractivity contribution >= 4 is 18.1 Å². The second-order valence-electron chi connectivity index (χ2n) is 6.69. The van der Waals surface area contributed by atoms with Crippen molar-refractivity contribution in [1.82, 2.24) is 10.2 Å². The maximum Gasteiger partial charge on any atom is 0.246 e. The number of β-amino-alcohol motifs (C(OH)–C–C–N with tert-alkyl or cyclic N) is 1. The minimum absolute atomic E-state index is 0.0758. The molecule has 1 aliphatic rings. The molecule has 3 unspecified atom stereocenters. The molecule has 1 aliphatic heterocycles. The number of likely N-dealkylation sites (tertiary alicyclic amines) is 1. The van der Waals surface area contributed by atoms with Gasteiger partial charge < -0.3 is 24.9 Å². The summed E-state index contributed by atoms with van der Waals surface area (Å²) in [6.07, 6.45) is 0.602. The van der Waals surface area contributed by atoms with E-state index in [-0.39, 0.29) is 43.4 Å². The highest BCUT2D eigenvalue weighted by atomic mass is 16.5. The summed E-state index contributed by atoms with van der Waals surface area (Å²) < 4.78 is 5.24. The lowest BCUT2D eigenvalue weighted by atomic mass is 10.0. The Bertz CT molecular complexity index is 425. The highest BCUT2D eigenvalue weighted by Crippen LogP contribution is 2.19. The third kappa shape index (κ3) is 6.27. The van der Waals surface area contributed by atoms with Crippen LogP contribution < -0.4 is 5.32 Å². The minimum atomic E-state index is -0.717. The van der Waals surface area contributed by atoms with E-state index in [4.69, 9.17) is 4.74 Å². The van der Waals surface area contributed by atoms with Crippen LogP contribution >= 0.6 is 0 Å². The quantitative estimate of drug-likeness (QED) is 0.616. The lowest BCUT2D eigenvalue weighted by Gasteiger charge is -2.27. The number of amides is 2. The average molecular weight is 328 g/mol. The average Bonchev–Trinajstić information content (AvgIpc) is 2.84. The zero-order chi connectivity index (χ0) is 17.6. The summed E-state index contributed by atoms with van der Waals surface area (Å²) in [4.78, 5) is 37.1. The molecule has 2 N–H and O–H groups in total. The number of aldehydes is 1. The summed E-state index contributed by atoms with van der Waals surface area (Å²) in [5.41, 5.74) is 0. The van der Waals surface area contributed by atoms with Gasteiger partial charge in [0.1, 0.15) is 18.9 Å². The monoisotopic (exact) mass is 328 g/mol. The smallest absolute Gasteiger partial charge is 0.246 e. The van der Waals surface area contributed by atoms with Gasteiger partial charge in [-0.1, -0.05) is 13.8 Å². The molecule has 1 rings (SSSR count). The van der Waals surface area contributed by atoms with Crippen LogP contribution in [0.2, 0.25) is 0 Å². The Morgan fingerprint density at radius 1 is 1.35 bits per heavy atom. The number of carbonyl (C=O) groups excluding carboxylic acids is 3. The second kappa shape index (κ2) is 8.98. The van der Waals surface area contributed by atoms with E-state index in [1.165, 1.54) is 4.90 Å². The zero-order valence-electron chi connectivity index (χ0n) is 14.3. The number of aliphatic hydroxyl groups excluding tert-OH is 1. The largest absolute Gasteiger partial charge is 0.391 e. The maximum atomic E-state index is 12.7. The Kier molecular flexibility index (Phi) is 7.64. The molecule has 3 atom stereocenters. The maximum absolute atomic E-state index is 12.7. The lowest BCUT2D eigenvalue weighted by Crippen LogP contribution is -2.51. The summed E-state index contributed by atoms with van der Waals surface area (Å²) in [7, 11) is 0. The number of rotatable bonds is 8. The Balaban J connectivity index is 2.74. The van der Waals surface area contributed by atoms with Crippen molar-refractivity contribution in [3.8, 4) is 0 Å². The van der Waals surface area contributed by atoms with Gasteiger partial charge in [-0.25, -0.2) is 0 Å². The van der Waals surface area contributed by atoms with Crippen LogP contribution in [-0.2, 0) is 19.1 Å². The molecule has 132 valence electrons. The van der Waals surface area contributed by atoms with Crippen molar-refractivity contribution < 1.29 is 24.2 Å². The molecule has 0 aromatic carbocycles. The molecule has 1 fully saturated rings. The highest BCUT2D eigenvalue weighted by molar-refractivity contribution is 5.89. The van der Waals surface area contributed by atoms with Gasteiger partial charge in [-0.3, -0.25) is 9.59 Å². The van der Waals surface area contributed by atoms with Gasteiger partial charge >= 0.3 is 0 Å². The first-order valence-corrected chi connectivity index (χ1v) is 8.09. The standard InChI is InChI=1S/C16H28N2O5/c1-10(2)5-14(17-15(21)9-23-11(3)4)16(22)18-7-13(20)6-12(18)8-19/h8,10-14,20H,5-7,9H2,1-4H3,(H,17,21). The van der Waals surface area contributed by atoms with E-state index < -0.39 is 18.2 Å². The van der Waals surface area contributed by atoms with E-state index in [0.29, 0.717) is 12.7 Å². The summed E-state index contributed by atoms with van der Waals surface area (Å²) in [6, 6.07) is -1.35. The molecule has 7 heteroatoms. The van der Waals surface area contributed by atoms with Crippen molar-refractivity contribution in [2.24, 2.45) is 5.92 Å². The van der Waals surface area contributed by atoms with E-state index in [0.717, 1.165) is 0 Å². The van der Waals surface area contributed by atoms with Crippen molar-refractivity contribution in [3.05, 3.63) is 0 Å².